The molecule has 0 radical (unpaired) electrons. The van der Waals surface area contributed by atoms with Gasteiger partial charge in [0.15, 0.2) is 6.61 Å². The van der Waals surface area contributed by atoms with Crippen molar-refractivity contribution in [2.24, 2.45) is 5.92 Å². The molecule has 0 saturated heterocycles. The average Bonchev–Trinajstić information content (AvgIpc) is 2.58. The van der Waals surface area contributed by atoms with E-state index in [9.17, 15) is 26.3 Å². The van der Waals surface area contributed by atoms with Crippen molar-refractivity contribution >= 4 is 0 Å². The van der Waals surface area contributed by atoms with Crippen LogP contribution in [0.3, 0.4) is 0 Å². The lowest BCUT2D eigenvalue weighted by Crippen LogP contribution is -2.19. The molecule has 0 aliphatic rings. The lowest BCUT2D eigenvalue weighted by atomic mass is 9.90. The van der Waals surface area contributed by atoms with Crippen LogP contribution in [0.2, 0.25) is 0 Å². The number of halogens is 6. The Hall–Kier alpha value is -2.18. The summed E-state index contributed by atoms with van der Waals surface area (Å²) in [4.78, 5) is 0. The second-order valence-corrected chi connectivity index (χ2v) is 7.27. The van der Waals surface area contributed by atoms with Gasteiger partial charge in [0.05, 0.1) is 5.56 Å². The zero-order valence-corrected chi connectivity index (χ0v) is 15.8. The molecule has 0 amide bonds. The highest BCUT2D eigenvalue weighted by atomic mass is 19.4. The predicted molar refractivity (Wildman–Crippen MR) is 96.3 cm³/mol. The minimum atomic E-state index is -4.52. The molecule has 1 nitrogen and oxygen atoms in total. The summed E-state index contributed by atoms with van der Waals surface area (Å²) >= 11 is 0. The van der Waals surface area contributed by atoms with Gasteiger partial charge in [0.1, 0.15) is 5.75 Å². The highest BCUT2D eigenvalue weighted by Gasteiger charge is 2.31. The van der Waals surface area contributed by atoms with Crippen LogP contribution in [-0.2, 0) is 6.18 Å². The number of ether oxygens (including phenoxy) is 1. The molecular formula is C21H22F6O. The zero-order chi connectivity index (χ0) is 21.1. The van der Waals surface area contributed by atoms with Gasteiger partial charge in [-0.25, -0.2) is 0 Å². The Kier molecular flexibility index (Phi) is 6.67. The lowest BCUT2D eigenvalue weighted by molar-refractivity contribution is -0.153. The maximum absolute atomic E-state index is 12.7. The Morgan fingerprint density at radius 3 is 1.96 bits per heavy atom. The van der Waals surface area contributed by atoms with Crippen LogP contribution < -0.4 is 4.74 Å². The molecule has 0 aromatic heterocycles. The third kappa shape index (κ3) is 6.17. The van der Waals surface area contributed by atoms with Gasteiger partial charge in [-0.1, -0.05) is 45.0 Å². The first kappa shape index (κ1) is 22.1. The highest BCUT2D eigenvalue weighted by Crippen LogP contribution is 2.37. The standard InChI is InChI=1S/C21H22F6O/c1-13(2)10-14(3)16-6-9-18(19(11-16)28-12-20(22,23)24)15-4-7-17(8-5-15)21(25,26)27/h4-9,11,13-14H,10,12H2,1-3H3. The first-order chi connectivity index (χ1) is 12.9. The first-order valence-electron chi connectivity index (χ1n) is 8.88. The number of hydrogen-bond acceptors (Lipinski definition) is 1. The van der Waals surface area contributed by atoms with Gasteiger partial charge in [-0.05, 0) is 47.6 Å². The molecule has 2 aromatic carbocycles. The summed E-state index contributed by atoms with van der Waals surface area (Å²) in [6.07, 6.45) is -8.15. The second kappa shape index (κ2) is 8.45. The van der Waals surface area contributed by atoms with Crippen molar-refractivity contribution in [1.29, 1.82) is 0 Å². The van der Waals surface area contributed by atoms with Gasteiger partial charge in [-0.15, -0.1) is 0 Å². The van der Waals surface area contributed by atoms with E-state index >= 15 is 0 Å². The number of hydrogen-bond donors (Lipinski definition) is 0. The molecule has 154 valence electrons. The van der Waals surface area contributed by atoms with E-state index < -0.39 is 24.5 Å². The zero-order valence-electron chi connectivity index (χ0n) is 15.8. The number of benzene rings is 2. The summed E-state index contributed by atoms with van der Waals surface area (Å²) in [5, 5.41) is 0. The Bertz CT molecular complexity index is 775. The van der Waals surface area contributed by atoms with Crippen molar-refractivity contribution in [2.45, 2.75) is 45.5 Å². The molecule has 1 atom stereocenters. The fourth-order valence-electron chi connectivity index (χ4n) is 3.04. The van der Waals surface area contributed by atoms with Crippen molar-refractivity contribution in [3.63, 3.8) is 0 Å². The van der Waals surface area contributed by atoms with Crippen LogP contribution in [0.15, 0.2) is 42.5 Å². The molecule has 0 N–H and O–H groups in total. The first-order valence-corrected chi connectivity index (χ1v) is 8.88. The fraction of sp³-hybridized carbons (Fsp3) is 0.429. The Balaban J connectivity index is 2.41. The van der Waals surface area contributed by atoms with Gasteiger partial charge < -0.3 is 4.74 Å². The lowest BCUT2D eigenvalue weighted by Gasteiger charge is -2.19. The minimum absolute atomic E-state index is 0.00481. The van der Waals surface area contributed by atoms with Crippen LogP contribution in [0.25, 0.3) is 11.1 Å². The summed E-state index contributed by atoms with van der Waals surface area (Å²) in [5.74, 6) is 0.518. The van der Waals surface area contributed by atoms with Crippen molar-refractivity contribution in [3.8, 4) is 16.9 Å². The maximum atomic E-state index is 12.7. The fourth-order valence-corrected chi connectivity index (χ4v) is 3.04. The largest absolute Gasteiger partial charge is 0.483 e. The number of alkyl halides is 6. The molecule has 0 saturated carbocycles. The summed E-state index contributed by atoms with van der Waals surface area (Å²) in [7, 11) is 0. The molecule has 7 heteroatoms. The minimum Gasteiger partial charge on any atom is -0.483 e. The molecule has 0 bridgehead atoms. The molecule has 1 unspecified atom stereocenters. The summed E-state index contributed by atoms with van der Waals surface area (Å²) in [6.45, 7) is 4.60. The van der Waals surface area contributed by atoms with E-state index in [2.05, 4.69) is 0 Å². The monoisotopic (exact) mass is 404 g/mol. The van der Waals surface area contributed by atoms with Crippen molar-refractivity contribution < 1.29 is 31.1 Å². The summed E-state index contributed by atoms with van der Waals surface area (Å²) in [6, 6.07) is 9.19. The van der Waals surface area contributed by atoms with Gasteiger partial charge in [0.2, 0.25) is 0 Å². The van der Waals surface area contributed by atoms with E-state index in [0.717, 1.165) is 24.1 Å². The Morgan fingerprint density at radius 1 is 0.857 bits per heavy atom. The van der Waals surface area contributed by atoms with Gasteiger partial charge in [0.25, 0.3) is 0 Å². The molecule has 2 aromatic rings. The SMILES string of the molecule is CC(C)CC(C)c1ccc(-c2ccc(C(F)(F)F)cc2)c(OCC(F)(F)F)c1. The van der Waals surface area contributed by atoms with Gasteiger partial charge >= 0.3 is 12.4 Å². The molecule has 0 heterocycles. The molecular weight excluding hydrogens is 382 g/mol. The molecule has 0 spiro atoms. The predicted octanol–water partition coefficient (Wildman–Crippen LogP) is 7.46. The van der Waals surface area contributed by atoms with E-state index in [4.69, 9.17) is 4.74 Å². The van der Waals surface area contributed by atoms with Gasteiger partial charge in [-0.2, -0.15) is 26.3 Å². The van der Waals surface area contributed by atoms with E-state index in [0.29, 0.717) is 17.0 Å². The highest BCUT2D eigenvalue weighted by molar-refractivity contribution is 5.71. The average molecular weight is 404 g/mol. The van der Waals surface area contributed by atoms with E-state index in [-0.39, 0.29) is 11.7 Å². The van der Waals surface area contributed by atoms with Gasteiger partial charge in [0, 0.05) is 5.56 Å². The molecule has 0 aliphatic heterocycles. The van der Waals surface area contributed by atoms with Crippen LogP contribution in [0.1, 0.15) is 44.2 Å². The third-order valence-corrected chi connectivity index (χ3v) is 4.31. The summed E-state index contributed by atoms with van der Waals surface area (Å²) in [5.41, 5.74) is 0.671. The maximum Gasteiger partial charge on any atom is 0.422 e. The quantitative estimate of drug-likeness (QED) is 0.454. The van der Waals surface area contributed by atoms with Crippen LogP contribution in [0, 0.1) is 5.92 Å². The smallest absolute Gasteiger partial charge is 0.422 e. The van der Waals surface area contributed by atoms with Crippen LogP contribution >= 0.6 is 0 Å². The van der Waals surface area contributed by atoms with E-state index in [1.807, 2.05) is 20.8 Å². The molecule has 0 aliphatic carbocycles. The van der Waals surface area contributed by atoms with Gasteiger partial charge in [-0.3, -0.25) is 0 Å². The normalized spacial score (nSPS) is 13.6. The van der Waals surface area contributed by atoms with Crippen LogP contribution in [0.5, 0.6) is 5.75 Å². The van der Waals surface area contributed by atoms with Crippen LogP contribution in [-0.4, -0.2) is 12.8 Å². The molecule has 2 rings (SSSR count). The van der Waals surface area contributed by atoms with Crippen molar-refractivity contribution in [3.05, 3.63) is 53.6 Å². The topological polar surface area (TPSA) is 9.23 Å². The Labute approximate surface area is 160 Å². The second-order valence-electron chi connectivity index (χ2n) is 7.27. The van der Waals surface area contributed by atoms with Crippen LogP contribution in [0.4, 0.5) is 26.3 Å². The molecule has 28 heavy (non-hydrogen) atoms. The summed E-state index contributed by atoms with van der Waals surface area (Å²) < 4.78 is 81.2. The van der Waals surface area contributed by atoms with Crippen molar-refractivity contribution in [1.82, 2.24) is 0 Å². The van der Waals surface area contributed by atoms with Crippen molar-refractivity contribution in [2.75, 3.05) is 6.61 Å². The number of rotatable bonds is 6. The van der Waals surface area contributed by atoms with E-state index in [1.54, 1.807) is 18.2 Å². The Morgan fingerprint density at radius 2 is 1.46 bits per heavy atom. The van der Waals surface area contributed by atoms with E-state index in [1.165, 1.54) is 12.1 Å². The molecule has 0 fully saturated rings. The third-order valence-electron chi connectivity index (χ3n) is 4.31.